The Kier molecular flexibility index (Phi) is 4.61. The lowest BCUT2D eigenvalue weighted by Crippen LogP contribution is -2.67. The number of carbonyl (C=O) groups is 2. The highest BCUT2D eigenvalue weighted by molar-refractivity contribution is 6.20. The predicted octanol–water partition coefficient (Wildman–Crippen LogP) is 3.90. The maximum absolute atomic E-state index is 13.3. The first-order valence-corrected chi connectivity index (χ1v) is 9.19. The van der Waals surface area contributed by atoms with E-state index in [-0.39, 0.29) is 5.91 Å². The molecule has 0 saturated carbocycles. The molecule has 1 spiro atoms. The fraction of sp³-hybridized carbons (Fsp3) is 0.600. The molecule has 2 saturated heterocycles. The van der Waals surface area contributed by atoms with Gasteiger partial charge in [0.15, 0.2) is 5.60 Å². The Hall–Kier alpha value is -1.92. The summed E-state index contributed by atoms with van der Waals surface area (Å²) in [5.74, 6) is -0.287. The van der Waals surface area contributed by atoms with Crippen LogP contribution in [-0.2, 0) is 14.4 Å². The highest BCUT2D eigenvalue weighted by Gasteiger charge is 2.64. The van der Waals surface area contributed by atoms with Crippen molar-refractivity contribution in [2.45, 2.75) is 70.6 Å². The van der Waals surface area contributed by atoms with E-state index in [1.165, 1.54) is 0 Å². The Morgan fingerprint density at radius 1 is 1.04 bits per heavy atom. The molecule has 0 radical (unpaired) electrons. The number of carbonyl (C=O) groups excluding carboxylic acids is 2. The molecule has 2 heterocycles. The second-order valence-corrected chi connectivity index (χ2v) is 8.44. The van der Waals surface area contributed by atoms with E-state index in [2.05, 4.69) is 6.92 Å². The van der Waals surface area contributed by atoms with Crippen LogP contribution in [0.1, 0.15) is 53.9 Å². The summed E-state index contributed by atoms with van der Waals surface area (Å²) < 4.78 is 5.75. The third kappa shape index (κ3) is 3.01. The molecule has 6 nitrogen and oxygen atoms in total. The van der Waals surface area contributed by atoms with Crippen LogP contribution in [0.2, 0.25) is 0 Å². The van der Waals surface area contributed by atoms with Crippen LogP contribution in [0.3, 0.4) is 0 Å². The minimum absolute atomic E-state index is 0.287. The Morgan fingerprint density at radius 3 is 2.15 bits per heavy atom. The smallest absolute Gasteiger partial charge is 0.422 e. The molecule has 0 N–H and O–H groups in total. The molecule has 142 valence electrons. The summed E-state index contributed by atoms with van der Waals surface area (Å²) in [5, 5.41) is 1.97. The Bertz CT molecular complexity index is 681. The summed E-state index contributed by atoms with van der Waals surface area (Å²) >= 11 is 0. The molecule has 2 amide bonds. The van der Waals surface area contributed by atoms with Crippen molar-refractivity contribution in [3.8, 4) is 0 Å². The maximum Gasteiger partial charge on any atom is 0.422 e. The van der Waals surface area contributed by atoms with E-state index in [4.69, 9.17) is 9.57 Å². The third-order valence-electron chi connectivity index (χ3n) is 5.03. The number of rotatable bonds is 4. The molecule has 2 aliphatic rings. The highest BCUT2D eigenvalue weighted by atomic mass is 16.7. The number of piperidine rings is 1. The van der Waals surface area contributed by atoms with Crippen molar-refractivity contribution >= 4 is 17.7 Å². The van der Waals surface area contributed by atoms with Crippen molar-refractivity contribution in [3.63, 3.8) is 0 Å². The van der Waals surface area contributed by atoms with Crippen LogP contribution in [0.15, 0.2) is 30.3 Å². The number of para-hydroxylation sites is 1. The summed E-state index contributed by atoms with van der Waals surface area (Å²) in [5.41, 5.74) is -1.54. The van der Waals surface area contributed by atoms with Crippen molar-refractivity contribution in [3.05, 3.63) is 30.3 Å². The van der Waals surface area contributed by atoms with Crippen LogP contribution in [0.4, 0.5) is 10.5 Å². The van der Waals surface area contributed by atoms with E-state index >= 15 is 0 Å². The van der Waals surface area contributed by atoms with Crippen molar-refractivity contribution in [1.82, 2.24) is 5.06 Å². The van der Waals surface area contributed by atoms with E-state index in [9.17, 15) is 9.59 Å². The predicted molar refractivity (Wildman–Crippen MR) is 98.6 cm³/mol. The van der Waals surface area contributed by atoms with Crippen LogP contribution in [0, 0.1) is 0 Å². The van der Waals surface area contributed by atoms with Gasteiger partial charge in [-0.25, -0.2) is 9.69 Å². The summed E-state index contributed by atoms with van der Waals surface area (Å²) in [6, 6.07) is 8.94. The average molecular weight is 360 g/mol. The molecule has 1 aromatic rings. The molecule has 0 unspecified atom stereocenters. The highest BCUT2D eigenvalue weighted by Crippen LogP contribution is 2.49. The van der Waals surface area contributed by atoms with Gasteiger partial charge in [0.05, 0.1) is 12.3 Å². The first-order chi connectivity index (χ1) is 12.1. The molecule has 6 heteroatoms. The van der Waals surface area contributed by atoms with Gasteiger partial charge in [0.1, 0.15) is 0 Å². The van der Waals surface area contributed by atoms with E-state index in [0.29, 0.717) is 25.1 Å². The number of hydrogen-bond donors (Lipinski definition) is 0. The number of hydroxylamine groups is 2. The molecule has 0 aromatic heterocycles. The molecule has 0 aliphatic carbocycles. The van der Waals surface area contributed by atoms with E-state index in [1.807, 2.05) is 38.8 Å². The van der Waals surface area contributed by atoms with Gasteiger partial charge in [-0.3, -0.25) is 9.63 Å². The minimum Gasteiger partial charge on any atom is -0.432 e. The molecular formula is C20H28N2O4. The fourth-order valence-corrected chi connectivity index (χ4v) is 4.52. The summed E-state index contributed by atoms with van der Waals surface area (Å²) in [6.07, 6.45) is 1.08. The standard InChI is InChI=1S/C20H28N2O4/c1-6-12-25-22-18(2,3)13-20(14-19(22,4)5)16(23)21(17(24)26-20)15-10-8-7-9-11-15/h7-11H,6,12-14H2,1-5H3. The quantitative estimate of drug-likeness (QED) is 0.815. The summed E-state index contributed by atoms with van der Waals surface area (Å²) in [7, 11) is 0. The monoisotopic (exact) mass is 360 g/mol. The van der Waals surface area contributed by atoms with Crippen LogP contribution >= 0.6 is 0 Å². The van der Waals surface area contributed by atoms with Gasteiger partial charge in [0, 0.05) is 23.9 Å². The third-order valence-corrected chi connectivity index (χ3v) is 5.03. The topological polar surface area (TPSA) is 59.1 Å². The SMILES string of the molecule is CCCON1C(C)(C)CC2(CC1(C)C)OC(=O)N(c1ccccc1)C2=O. The van der Waals surface area contributed by atoms with Crippen molar-refractivity contribution in [2.24, 2.45) is 0 Å². The van der Waals surface area contributed by atoms with Crippen molar-refractivity contribution < 1.29 is 19.2 Å². The van der Waals surface area contributed by atoms with Gasteiger partial charge in [-0.1, -0.05) is 25.1 Å². The van der Waals surface area contributed by atoms with Crippen LogP contribution in [0.25, 0.3) is 0 Å². The minimum atomic E-state index is -1.16. The Morgan fingerprint density at radius 2 is 1.62 bits per heavy atom. The summed E-state index contributed by atoms with van der Waals surface area (Å²) in [4.78, 5) is 33.1. The van der Waals surface area contributed by atoms with Gasteiger partial charge < -0.3 is 4.74 Å². The van der Waals surface area contributed by atoms with Gasteiger partial charge in [0.25, 0.3) is 5.91 Å². The number of ether oxygens (including phenoxy) is 1. The van der Waals surface area contributed by atoms with Crippen LogP contribution < -0.4 is 4.90 Å². The molecule has 0 atom stereocenters. The maximum atomic E-state index is 13.3. The number of imide groups is 1. The van der Waals surface area contributed by atoms with Gasteiger partial charge in [0.2, 0.25) is 0 Å². The largest absolute Gasteiger partial charge is 0.432 e. The number of benzene rings is 1. The van der Waals surface area contributed by atoms with Gasteiger partial charge in [-0.2, -0.15) is 5.06 Å². The van der Waals surface area contributed by atoms with Crippen LogP contribution in [-0.4, -0.2) is 40.3 Å². The normalized spacial score (nSPS) is 24.1. The lowest BCUT2D eigenvalue weighted by Gasteiger charge is -2.55. The number of nitrogens with zero attached hydrogens (tertiary/aromatic N) is 2. The molecular weight excluding hydrogens is 332 g/mol. The Balaban J connectivity index is 1.94. The number of amides is 2. The van der Waals surface area contributed by atoms with Gasteiger partial charge in [-0.05, 0) is 46.2 Å². The lowest BCUT2D eigenvalue weighted by atomic mass is 9.72. The van der Waals surface area contributed by atoms with Crippen molar-refractivity contribution in [1.29, 1.82) is 0 Å². The van der Waals surface area contributed by atoms with Gasteiger partial charge >= 0.3 is 6.09 Å². The lowest BCUT2D eigenvalue weighted by molar-refractivity contribution is -0.299. The first kappa shape index (κ1) is 18.9. The van der Waals surface area contributed by atoms with E-state index in [1.54, 1.807) is 24.3 Å². The second kappa shape index (κ2) is 6.35. The fourth-order valence-electron chi connectivity index (χ4n) is 4.52. The number of anilines is 1. The van der Waals surface area contributed by atoms with Crippen molar-refractivity contribution in [2.75, 3.05) is 11.5 Å². The second-order valence-electron chi connectivity index (χ2n) is 8.44. The zero-order valence-corrected chi connectivity index (χ0v) is 16.2. The molecule has 26 heavy (non-hydrogen) atoms. The summed E-state index contributed by atoms with van der Waals surface area (Å²) in [6.45, 7) is 10.8. The number of hydrogen-bond acceptors (Lipinski definition) is 5. The van der Waals surface area contributed by atoms with E-state index in [0.717, 1.165) is 11.3 Å². The zero-order valence-electron chi connectivity index (χ0n) is 16.2. The van der Waals surface area contributed by atoms with E-state index < -0.39 is 22.8 Å². The molecule has 1 aromatic carbocycles. The Labute approximate surface area is 155 Å². The molecule has 3 rings (SSSR count). The molecule has 2 fully saturated rings. The van der Waals surface area contributed by atoms with Gasteiger partial charge in [-0.15, -0.1) is 0 Å². The molecule has 0 bridgehead atoms. The first-order valence-electron chi connectivity index (χ1n) is 9.19. The average Bonchev–Trinajstić information content (AvgIpc) is 2.75. The molecule has 2 aliphatic heterocycles. The van der Waals surface area contributed by atoms with Crippen LogP contribution in [0.5, 0.6) is 0 Å². The zero-order chi connectivity index (χ0) is 19.2.